The molecule has 8 heavy (non-hydrogen) atoms. The van der Waals surface area contributed by atoms with Crippen molar-refractivity contribution in [3.05, 3.63) is 25.8 Å². The summed E-state index contributed by atoms with van der Waals surface area (Å²) in [5, 5.41) is 0. The van der Waals surface area contributed by atoms with Crippen molar-refractivity contribution in [1.82, 2.24) is 0 Å². The monoisotopic (exact) mass is 112 g/mol. The van der Waals surface area contributed by atoms with E-state index in [0.29, 0.717) is 5.92 Å². The topological polar surface area (TPSA) is 0 Å². The lowest BCUT2D eigenvalue weighted by Gasteiger charge is -1.93. The van der Waals surface area contributed by atoms with E-state index in [0.717, 1.165) is 0 Å². The Kier molecular flexibility index (Phi) is 12.7. The summed E-state index contributed by atoms with van der Waals surface area (Å²) in [6.45, 7) is 14.0. The highest BCUT2D eigenvalue weighted by Gasteiger charge is 1.84. The maximum absolute atomic E-state index is 3.63. The smallest absolute Gasteiger partial charge is 0.0267 e. The molecule has 0 saturated carbocycles. The van der Waals surface area contributed by atoms with Gasteiger partial charge in [-0.05, 0) is 5.92 Å². The first-order chi connectivity index (χ1) is 3.81. The molecular weight excluding hydrogens is 96.1 g/mol. The van der Waals surface area contributed by atoms with Crippen LogP contribution in [-0.4, -0.2) is 0 Å². The minimum Gasteiger partial charge on any atom is -0.106 e. The Morgan fingerprint density at radius 1 is 1.50 bits per heavy atom. The molecular formula is C8H16. The molecule has 0 spiro atoms. The van der Waals surface area contributed by atoms with Crippen molar-refractivity contribution >= 4 is 0 Å². The van der Waals surface area contributed by atoms with E-state index in [9.17, 15) is 0 Å². The van der Waals surface area contributed by atoms with Crippen LogP contribution in [0.5, 0.6) is 0 Å². The number of rotatable bonds is 2. The van der Waals surface area contributed by atoms with Crippen molar-refractivity contribution in [1.29, 1.82) is 0 Å². The van der Waals surface area contributed by atoms with Crippen molar-refractivity contribution in [2.75, 3.05) is 0 Å². The van der Waals surface area contributed by atoms with Gasteiger partial charge in [-0.15, -0.1) is 19.7 Å². The van der Waals surface area contributed by atoms with Crippen molar-refractivity contribution in [3.8, 4) is 0 Å². The Morgan fingerprint density at radius 3 is 1.88 bits per heavy atom. The molecule has 0 aliphatic carbocycles. The van der Waals surface area contributed by atoms with Gasteiger partial charge < -0.3 is 0 Å². The SMILES string of the molecule is C=C.C=CC(C)CC. The first-order valence-electron chi connectivity index (χ1n) is 2.93. The average molecular weight is 112 g/mol. The summed E-state index contributed by atoms with van der Waals surface area (Å²) in [6.07, 6.45) is 3.18. The third-order valence-electron chi connectivity index (χ3n) is 1.05. The van der Waals surface area contributed by atoms with Crippen LogP contribution >= 0.6 is 0 Å². The Morgan fingerprint density at radius 2 is 1.88 bits per heavy atom. The summed E-state index contributed by atoms with van der Waals surface area (Å²) in [6, 6.07) is 0. The van der Waals surface area contributed by atoms with Gasteiger partial charge in [0.25, 0.3) is 0 Å². The molecule has 0 N–H and O–H groups in total. The molecule has 0 saturated heterocycles. The molecule has 0 aromatic carbocycles. The molecule has 0 aromatic rings. The number of hydrogen-bond acceptors (Lipinski definition) is 0. The number of hydrogen-bond donors (Lipinski definition) is 0. The van der Waals surface area contributed by atoms with E-state index >= 15 is 0 Å². The molecule has 0 bridgehead atoms. The summed E-state index contributed by atoms with van der Waals surface area (Å²) >= 11 is 0. The summed E-state index contributed by atoms with van der Waals surface area (Å²) in [4.78, 5) is 0. The molecule has 0 nitrogen and oxygen atoms in total. The highest BCUT2D eigenvalue weighted by atomic mass is 13.9. The van der Waals surface area contributed by atoms with Crippen molar-refractivity contribution in [2.24, 2.45) is 5.92 Å². The molecule has 48 valence electrons. The van der Waals surface area contributed by atoms with Gasteiger partial charge in [0, 0.05) is 0 Å². The fourth-order valence-corrected chi connectivity index (χ4v) is 0.167. The van der Waals surface area contributed by atoms with E-state index in [2.05, 4.69) is 33.6 Å². The van der Waals surface area contributed by atoms with Crippen LogP contribution in [0.4, 0.5) is 0 Å². The van der Waals surface area contributed by atoms with Crippen LogP contribution in [0.3, 0.4) is 0 Å². The van der Waals surface area contributed by atoms with Crippen LogP contribution < -0.4 is 0 Å². The summed E-state index contributed by atoms with van der Waals surface area (Å²) in [5.74, 6) is 0.699. The first kappa shape index (κ1) is 10.5. The van der Waals surface area contributed by atoms with Gasteiger partial charge in [0.1, 0.15) is 0 Å². The highest BCUT2D eigenvalue weighted by molar-refractivity contribution is 4.72. The molecule has 0 aliphatic heterocycles. The van der Waals surface area contributed by atoms with Crippen LogP contribution in [0.1, 0.15) is 20.3 Å². The molecule has 0 rings (SSSR count). The maximum atomic E-state index is 3.63. The molecule has 0 aromatic heterocycles. The highest BCUT2D eigenvalue weighted by Crippen LogP contribution is 1.98. The number of allylic oxidation sites excluding steroid dienone is 1. The second-order valence-corrected chi connectivity index (χ2v) is 1.62. The van der Waals surface area contributed by atoms with Crippen molar-refractivity contribution in [3.63, 3.8) is 0 Å². The van der Waals surface area contributed by atoms with E-state index in [1.807, 2.05) is 6.08 Å². The van der Waals surface area contributed by atoms with Crippen LogP contribution in [0.25, 0.3) is 0 Å². The van der Waals surface area contributed by atoms with Gasteiger partial charge in [0.15, 0.2) is 0 Å². The van der Waals surface area contributed by atoms with Gasteiger partial charge in [0.2, 0.25) is 0 Å². The zero-order valence-corrected chi connectivity index (χ0v) is 5.98. The first-order valence-corrected chi connectivity index (χ1v) is 2.93. The molecule has 0 aliphatic rings. The predicted molar refractivity (Wildman–Crippen MR) is 40.9 cm³/mol. The zero-order valence-electron chi connectivity index (χ0n) is 5.98. The Hall–Kier alpha value is -0.520. The molecule has 0 amide bonds. The summed E-state index contributed by atoms with van der Waals surface area (Å²) in [5.41, 5.74) is 0. The standard InChI is InChI=1S/C6H12.C2H4/c1-4-6(3)5-2;1-2/h4,6H,1,5H2,2-3H3;1-2H2. The molecule has 0 heteroatoms. The van der Waals surface area contributed by atoms with E-state index in [-0.39, 0.29) is 0 Å². The average Bonchev–Trinajstić information content (AvgIpc) is 1.91. The summed E-state index contributed by atoms with van der Waals surface area (Å²) in [7, 11) is 0. The molecule has 1 atom stereocenters. The molecule has 1 unspecified atom stereocenters. The fraction of sp³-hybridized carbons (Fsp3) is 0.500. The maximum Gasteiger partial charge on any atom is -0.0267 e. The second kappa shape index (κ2) is 9.70. The normalized spacial score (nSPS) is 10.8. The van der Waals surface area contributed by atoms with Crippen LogP contribution in [0.15, 0.2) is 25.8 Å². The lowest BCUT2D eigenvalue weighted by atomic mass is 10.1. The van der Waals surface area contributed by atoms with Crippen LogP contribution in [0, 0.1) is 5.92 Å². The Bertz CT molecular complexity index is 46.0. The second-order valence-electron chi connectivity index (χ2n) is 1.62. The lowest BCUT2D eigenvalue weighted by Crippen LogP contribution is -1.80. The van der Waals surface area contributed by atoms with E-state index in [1.54, 1.807) is 0 Å². The minimum atomic E-state index is 0.699. The van der Waals surface area contributed by atoms with Crippen LogP contribution in [0.2, 0.25) is 0 Å². The lowest BCUT2D eigenvalue weighted by molar-refractivity contribution is 0.700. The molecule has 0 radical (unpaired) electrons. The summed E-state index contributed by atoms with van der Waals surface area (Å²) < 4.78 is 0. The van der Waals surface area contributed by atoms with Gasteiger partial charge >= 0.3 is 0 Å². The third kappa shape index (κ3) is 9.08. The molecule has 0 heterocycles. The van der Waals surface area contributed by atoms with Gasteiger partial charge in [-0.3, -0.25) is 0 Å². The zero-order chi connectivity index (χ0) is 6.99. The minimum absolute atomic E-state index is 0.699. The van der Waals surface area contributed by atoms with Gasteiger partial charge in [-0.2, -0.15) is 0 Å². The van der Waals surface area contributed by atoms with Gasteiger partial charge in [-0.25, -0.2) is 0 Å². The Labute approximate surface area is 52.9 Å². The fourth-order valence-electron chi connectivity index (χ4n) is 0.167. The van der Waals surface area contributed by atoms with E-state index in [1.165, 1.54) is 6.42 Å². The van der Waals surface area contributed by atoms with E-state index < -0.39 is 0 Å². The molecule has 0 fully saturated rings. The van der Waals surface area contributed by atoms with Crippen molar-refractivity contribution < 1.29 is 0 Å². The van der Waals surface area contributed by atoms with E-state index in [4.69, 9.17) is 0 Å². The third-order valence-corrected chi connectivity index (χ3v) is 1.05. The van der Waals surface area contributed by atoms with Gasteiger partial charge in [-0.1, -0.05) is 26.3 Å². The van der Waals surface area contributed by atoms with Crippen LogP contribution in [-0.2, 0) is 0 Å². The predicted octanol–water partition coefficient (Wildman–Crippen LogP) is 3.02. The van der Waals surface area contributed by atoms with Crippen molar-refractivity contribution in [2.45, 2.75) is 20.3 Å². The largest absolute Gasteiger partial charge is 0.106 e. The van der Waals surface area contributed by atoms with Gasteiger partial charge in [0.05, 0.1) is 0 Å². The Balaban J connectivity index is 0. The quantitative estimate of drug-likeness (QED) is 0.482.